The normalized spacial score (nSPS) is 32.4. The van der Waals surface area contributed by atoms with Crippen LogP contribution in [0.25, 0.3) is 0 Å². The highest BCUT2D eigenvalue weighted by Crippen LogP contribution is 2.66. The van der Waals surface area contributed by atoms with Crippen LogP contribution in [-0.2, 0) is 16.6 Å². The number of aromatic hydroxyl groups is 1. The summed E-state index contributed by atoms with van der Waals surface area (Å²) in [6, 6.07) is 6.78. The Morgan fingerprint density at radius 3 is 2.83 bits per heavy atom. The van der Waals surface area contributed by atoms with E-state index in [1.807, 2.05) is 6.07 Å². The average Bonchev–Trinajstić information content (AvgIpc) is 3.56. The molecule has 2 aliphatic heterocycles. The number of nitrogens with zero attached hydrogens (tertiary/aromatic N) is 2. The van der Waals surface area contributed by atoms with E-state index in [4.69, 9.17) is 4.74 Å². The standard InChI is InChI=1S/C26H27N3O5.CH4/c30-18-6-5-15-10-19-26(33)11-17(24(32)28-16-2-1-8-27-12-16)21(31)23-25(26,20(15)22(18)34-23)7-9-29(19)13-14-3-4-14;/h1-2,5-6,8,12,14,19,23,30-31,33H,3-4,7,9-11,13H2,(H,28,32);1H4/t19-,23+,25+,26-;/m1./s1. The maximum absolute atomic E-state index is 13.3. The molecule has 8 nitrogen and oxygen atoms in total. The maximum Gasteiger partial charge on any atom is 0.255 e. The lowest BCUT2D eigenvalue weighted by atomic mass is 9.49. The van der Waals surface area contributed by atoms with Crippen molar-refractivity contribution in [1.29, 1.82) is 0 Å². The maximum atomic E-state index is 13.3. The molecule has 1 saturated carbocycles. The Morgan fingerprint density at radius 2 is 2.09 bits per heavy atom. The number of aliphatic hydroxyl groups excluding tert-OH is 1. The van der Waals surface area contributed by atoms with Crippen LogP contribution in [0.2, 0.25) is 0 Å². The van der Waals surface area contributed by atoms with E-state index in [9.17, 15) is 20.1 Å². The van der Waals surface area contributed by atoms with Gasteiger partial charge in [-0.2, -0.15) is 0 Å². The van der Waals surface area contributed by atoms with Crippen molar-refractivity contribution < 1.29 is 24.9 Å². The van der Waals surface area contributed by atoms with Gasteiger partial charge in [-0.3, -0.25) is 14.7 Å². The molecule has 3 heterocycles. The molecule has 5 aliphatic rings. The quantitative estimate of drug-likeness (QED) is 0.535. The predicted octanol–water partition coefficient (Wildman–Crippen LogP) is 3.05. The van der Waals surface area contributed by atoms with Crippen molar-refractivity contribution in [2.45, 2.75) is 62.7 Å². The van der Waals surface area contributed by atoms with Gasteiger partial charge in [-0.1, -0.05) is 13.5 Å². The summed E-state index contributed by atoms with van der Waals surface area (Å²) in [5.74, 6) is 0.346. The number of hydrogen-bond acceptors (Lipinski definition) is 7. The first-order valence-corrected chi connectivity index (χ1v) is 12.0. The van der Waals surface area contributed by atoms with Crippen LogP contribution in [0.3, 0.4) is 0 Å². The van der Waals surface area contributed by atoms with Crippen LogP contribution in [0.1, 0.15) is 44.2 Å². The van der Waals surface area contributed by atoms with Crippen molar-refractivity contribution in [2.24, 2.45) is 5.92 Å². The number of ether oxygens (including phenoxy) is 1. The zero-order valence-corrected chi connectivity index (χ0v) is 18.7. The third-order valence-electron chi connectivity index (χ3n) is 8.71. The molecule has 0 unspecified atom stereocenters. The SMILES string of the molecule is C.O=C(Nc1cccnc1)C1=C(O)[C@@H]2Oc3c(O)ccc4c3[C@@]23CCN(CC2CC2)[C@H](C4)[C@]3(O)C1. The van der Waals surface area contributed by atoms with Gasteiger partial charge in [0.25, 0.3) is 5.91 Å². The number of rotatable bonds is 4. The van der Waals surface area contributed by atoms with Gasteiger partial charge in [0.2, 0.25) is 0 Å². The molecule has 2 bridgehead atoms. The third-order valence-corrected chi connectivity index (χ3v) is 8.71. The molecule has 1 saturated heterocycles. The summed E-state index contributed by atoms with van der Waals surface area (Å²) in [6.07, 6.45) is 5.88. The lowest BCUT2D eigenvalue weighted by Crippen LogP contribution is -2.75. The Bertz CT molecular complexity index is 1240. The number of pyridine rings is 1. The lowest BCUT2D eigenvalue weighted by Gasteiger charge is -2.62. The van der Waals surface area contributed by atoms with E-state index in [0.29, 0.717) is 30.2 Å². The van der Waals surface area contributed by atoms with E-state index in [-0.39, 0.29) is 37.0 Å². The Labute approximate surface area is 204 Å². The second-order valence-corrected chi connectivity index (χ2v) is 10.5. The highest BCUT2D eigenvalue weighted by atomic mass is 16.5. The third kappa shape index (κ3) is 2.87. The molecule has 1 spiro atoms. The van der Waals surface area contributed by atoms with Crippen molar-refractivity contribution in [1.82, 2.24) is 9.88 Å². The molecule has 3 aliphatic carbocycles. The molecule has 4 atom stereocenters. The van der Waals surface area contributed by atoms with E-state index in [1.165, 1.54) is 19.0 Å². The number of phenols is 1. The molecule has 35 heavy (non-hydrogen) atoms. The Morgan fingerprint density at radius 1 is 1.26 bits per heavy atom. The minimum Gasteiger partial charge on any atom is -0.508 e. The molecule has 1 aromatic heterocycles. The van der Waals surface area contributed by atoms with Crippen LogP contribution in [0.15, 0.2) is 48.0 Å². The van der Waals surface area contributed by atoms with Crippen LogP contribution in [0.4, 0.5) is 5.69 Å². The first-order valence-electron chi connectivity index (χ1n) is 12.0. The molecule has 7 rings (SSSR count). The number of aromatic nitrogens is 1. The van der Waals surface area contributed by atoms with Crippen LogP contribution in [0, 0.1) is 5.92 Å². The van der Waals surface area contributed by atoms with E-state index in [0.717, 1.165) is 24.2 Å². The number of phenolic OH excluding ortho intramolecular Hbond substituents is 1. The summed E-state index contributed by atoms with van der Waals surface area (Å²) in [7, 11) is 0. The summed E-state index contributed by atoms with van der Waals surface area (Å²) >= 11 is 0. The van der Waals surface area contributed by atoms with E-state index in [2.05, 4.69) is 15.2 Å². The number of benzene rings is 1. The Balaban J connectivity index is 0.00000229. The molecule has 2 aromatic rings. The first-order chi connectivity index (χ1) is 16.4. The largest absolute Gasteiger partial charge is 0.508 e. The zero-order valence-electron chi connectivity index (χ0n) is 18.7. The molecule has 184 valence electrons. The number of amides is 1. The fourth-order valence-corrected chi connectivity index (χ4v) is 7.01. The zero-order chi connectivity index (χ0) is 23.2. The van der Waals surface area contributed by atoms with E-state index < -0.39 is 23.0 Å². The Kier molecular flexibility index (Phi) is 4.76. The number of likely N-dealkylation sites (tertiary alicyclic amines) is 1. The van der Waals surface area contributed by atoms with Crippen LogP contribution < -0.4 is 10.1 Å². The number of carbonyl (C=O) groups excluding carboxylic acids is 1. The number of carbonyl (C=O) groups is 1. The van der Waals surface area contributed by atoms with Crippen molar-refractivity contribution >= 4 is 11.6 Å². The summed E-state index contributed by atoms with van der Waals surface area (Å²) in [4.78, 5) is 19.7. The second kappa shape index (κ2) is 7.45. The van der Waals surface area contributed by atoms with Gasteiger partial charge in [0, 0.05) is 30.8 Å². The van der Waals surface area contributed by atoms with Gasteiger partial charge in [-0.15, -0.1) is 0 Å². The van der Waals surface area contributed by atoms with Crippen molar-refractivity contribution in [3.05, 3.63) is 59.1 Å². The smallest absolute Gasteiger partial charge is 0.255 e. The summed E-state index contributed by atoms with van der Waals surface area (Å²) < 4.78 is 6.22. The fourth-order valence-electron chi connectivity index (χ4n) is 7.01. The van der Waals surface area contributed by atoms with Gasteiger partial charge in [0.1, 0.15) is 5.76 Å². The van der Waals surface area contributed by atoms with Gasteiger partial charge in [0.15, 0.2) is 17.6 Å². The molecule has 1 amide bonds. The lowest BCUT2D eigenvalue weighted by molar-refractivity contribution is -0.172. The average molecular weight is 478 g/mol. The van der Waals surface area contributed by atoms with Gasteiger partial charge < -0.3 is 25.4 Å². The topological polar surface area (TPSA) is 115 Å². The summed E-state index contributed by atoms with van der Waals surface area (Å²) in [5.41, 5.74) is 0.268. The fraction of sp³-hybridized carbons (Fsp3) is 0.481. The van der Waals surface area contributed by atoms with Gasteiger partial charge in [-0.05, 0) is 61.9 Å². The molecular formula is C27H31N3O5. The van der Waals surface area contributed by atoms with E-state index >= 15 is 0 Å². The molecular weight excluding hydrogens is 446 g/mol. The number of nitrogens with one attached hydrogen (secondary N) is 1. The summed E-state index contributed by atoms with van der Waals surface area (Å²) in [5, 5.41) is 37.4. The first kappa shape index (κ1) is 22.4. The van der Waals surface area contributed by atoms with Crippen LogP contribution >= 0.6 is 0 Å². The highest BCUT2D eigenvalue weighted by molar-refractivity contribution is 6.04. The second-order valence-electron chi connectivity index (χ2n) is 10.5. The van der Waals surface area contributed by atoms with Crippen LogP contribution in [0.5, 0.6) is 11.5 Å². The van der Waals surface area contributed by atoms with Crippen molar-refractivity contribution in [2.75, 3.05) is 18.4 Å². The summed E-state index contributed by atoms with van der Waals surface area (Å²) in [6.45, 7) is 1.71. The number of piperidine rings is 1. The Hall–Kier alpha value is -3.10. The molecule has 1 aromatic carbocycles. The molecule has 4 N–H and O–H groups in total. The van der Waals surface area contributed by atoms with Crippen molar-refractivity contribution in [3.63, 3.8) is 0 Å². The van der Waals surface area contributed by atoms with E-state index in [1.54, 1.807) is 24.4 Å². The molecule has 0 radical (unpaired) electrons. The van der Waals surface area contributed by atoms with Gasteiger partial charge in [-0.25, -0.2) is 0 Å². The van der Waals surface area contributed by atoms with Crippen molar-refractivity contribution in [3.8, 4) is 11.5 Å². The van der Waals surface area contributed by atoms with Crippen LogP contribution in [-0.4, -0.2) is 61.9 Å². The predicted molar refractivity (Wildman–Crippen MR) is 129 cm³/mol. The number of hydrogen-bond donors (Lipinski definition) is 4. The molecule has 8 heteroatoms. The minimum atomic E-state index is -1.31. The van der Waals surface area contributed by atoms with Gasteiger partial charge >= 0.3 is 0 Å². The van der Waals surface area contributed by atoms with Gasteiger partial charge in [0.05, 0.1) is 28.5 Å². The number of anilines is 1. The highest BCUT2D eigenvalue weighted by Gasteiger charge is 2.73. The minimum absolute atomic E-state index is 0. The number of aliphatic hydroxyl groups is 2. The monoisotopic (exact) mass is 477 g/mol. The molecule has 2 fully saturated rings.